The number of rotatable bonds is 6. The van der Waals surface area contributed by atoms with Crippen LogP contribution in [0.5, 0.6) is 0 Å². The van der Waals surface area contributed by atoms with Gasteiger partial charge >= 0.3 is 6.03 Å². The van der Waals surface area contributed by atoms with Crippen molar-refractivity contribution in [2.75, 3.05) is 13.1 Å². The van der Waals surface area contributed by atoms with E-state index in [9.17, 15) is 4.79 Å². The molecule has 0 aliphatic rings. The molecule has 0 atom stereocenters. The molecule has 0 saturated carbocycles. The molecule has 0 aliphatic heterocycles. The molecule has 0 spiro atoms. The zero-order valence-corrected chi connectivity index (χ0v) is 16.1. The third-order valence-electron chi connectivity index (χ3n) is 4.71. The first-order chi connectivity index (χ1) is 13.2. The predicted octanol–water partition coefficient (Wildman–Crippen LogP) is 4.10. The van der Waals surface area contributed by atoms with E-state index in [1.807, 2.05) is 25.1 Å². The molecule has 0 radical (unpaired) electrons. The third-order valence-corrected chi connectivity index (χ3v) is 5.72. The highest BCUT2D eigenvalue weighted by molar-refractivity contribution is 7.17. The van der Waals surface area contributed by atoms with Crippen molar-refractivity contribution in [1.29, 1.82) is 0 Å². The minimum absolute atomic E-state index is 0.128. The second-order valence-electron chi connectivity index (χ2n) is 6.49. The van der Waals surface area contributed by atoms with Gasteiger partial charge in [0.1, 0.15) is 5.82 Å². The van der Waals surface area contributed by atoms with E-state index in [0.29, 0.717) is 19.6 Å². The highest BCUT2D eigenvalue weighted by atomic mass is 32.1. The van der Waals surface area contributed by atoms with E-state index in [1.54, 1.807) is 11.3 Å². The van der Waals surface area contributed by atoms with Crippen LogP contribution in [0.15, 0.2) is 53.9 Å². The minimum atomic E-state index is -0.128. The van der Waals surface area contributed by atoms with Crippen molar-refractivity contribution in [2.24, 2.45) is 0 Å². The molecule has 2 aromatic heterocycles. The Balaban J connectivity index is 1.26. The van der Waals surface area contributed by atoms with Gasteiger partial charge in [-0.3, -0.25) is 0 Å². The lowest BCUT2D eigenvalue weighted by molar-refractivity contribution is 0.240. The number of imidazole rings is 1. The van der Waals surface area contributed by atoms with Crippen molar-refractivity contribution in [3.63, 3.8) is 0 Å². The fraction of sp³-hybridized carbons (Fsp3) is 0.238. The van der Waals surface area contributed by atoms with E-state index in [2.05, 4.69) is 55.9 Å². The van der Waals surface area contributed by atoms with Crippen LogP contribution in [-0.4, -0.2) is 28.7 Å². The topological polar surface area (TPSA) is 59.0 Å². The standard InChI is InChI=1S/C21H22N4OS/c1-15-24-18-7-3-4-8-19(18)25(15)13-12-23-21(26)22-11-10-16-14-27-20-9-5-2-6-17(16)20/h2-9,14H,10-13H2,1H3,(H2,22,23,26). The summed E-state index contributed by atoms with van der Waals surface area (Å²) in [5.74, 6) is 0.961. The van der Waals surface area contributed by atoms with Gasteiger partial charge in [-0.1, -0.05) is 30.3 Å². The van der Waals surface area contributed by atoms with Gasteiger partial charge in [-0.25, -0.2) is 9.78 Å². The number of nitrogens with one attached hydrogen (secondary N) is 2. The summed E-state index contributed by atoms with van der Waals surface area (Å²) in [5.41, 5.74) is 3.38. The zero-order chi connectivity index (χ0) is 18.6. The van der Waals surface area contributed by atoms with E-state index in [4.69, 9.17) is 0 Å². The number of hydrogen-bond acceptors (Lipinski definition) is 3. The van der Waals surface area contributed by atoms with Gasteiger partial charge in [0.15, 0.2) is 0 Å². The number of amides is 2. The van der Waals surface area contributed by atoms with Gasteiger partial charge in [-0.15, -0.1) is 11.3 Å². The largest absolute Gasteiger partial charge is 0.338 e. The molecule has 0 fully saturated rings. The Kier molecular flexibility index (Phi) is 5.07. The summed E-state index contributed by atoms with van der Waals surface area (Å²) in [6.45, 7) is 3.88. The summed E-state index contributed by atoms with van der Waals surface area (Å²) in [6.07, 6.45) is 0.836. The summed E-state index contributed by atoms with van der Waals surface area (Å²) in [6, 6.07) is 16.3. The van der Waals surface area contributed by atoms with Crippen molar-refractivity contribution in [2.45, 2.75) is 19.9 Å². The number of fused-ring (bicyclic) bond motifs is 2. The summed E-state index contributed by atoms with van der Waals surface area (Å²) in [4.78, 5) is 16.6. The highest BCUT2D eigenvalue weighted by Crippen LogP contribution is 2.25. The predicted molar refractivity (Wildman–Crippen MR) is 111 cm³/mol. The number of carbonyl (C=O) groups is 1. The Morgan fingerprint density at radius 3 is 2.78 bits per heavy atom. The van der Waals surface area contributed by atoms with Crippen LogP contribution in [0.2, 0.25) is 0 Å². The second kappa shape index (κ2) is 7.80. The number of aryl methyl sites for hydroxylation is 1. The number of urea groups is 1. The molecule has 2 heterocycles. The average Bonchev–Trinajstić information content (AvgIpc) is 3.23. The van der Waals surface area contributed by atoms with Gasteiger partial charge in [0, 0.05) is 24.3 Å². The maximum absolute atomic E-state index is 12.1. The molecule has 2 amide bonds. The van der Waals surface area contributed by atoms with Crippen molar-refractivity contribution in [3.05, 3.63) is 65.3 Å². The van der Waals surface area contributed by atoms with Gasteiger partial charge in [0.2, 0.25) is 0 Å². The van der Waals surface area contributed by atoms with Gasteiger partial charge in [-0.05, 0) is 47.9 Å². The first-order valence-corrected chi connectivity index (χ1v) is 9.99. The molecular weight excluding hydrogens is 356 g/mol. The van der Waals surface area contributed by atoms with Crippen LogP contribution < -0.4 is 10.6 Å². The Labute approximate surface area is 162 Å². The summed E-state index contributed by atoms with van der Waals surface area (Å²) >= 11 is 1.75. The van der Waals surface area contributed by atoms with Crippen molar-refractivity contribution >= 4 is 38.5 Å². The van der Waals surface area contributed by atoms with Gasteiger partial charge in [-0.2, -0.15) is 0 Å². The second-order valence-corrected chi connectivity index (χ2v) is 7.40. The highest BCUT2D eigenvalue weighted by Gasteiger charge is 2.07. The van der Waals surface area contributed by atoms with Crippen LogP contribution in [0.25, 0.3) is 21.1 Å². The Morgan fingerprint density at radius 1 is 1.07 bits per heavy atom. The molecule has 0 saturated heterocycles. The van der Waals surface area contributed by atoms with Gasteiger partial charge in [0.05, 0.1) is 11.0 Å². The molecule has 27 heavy (non-hydrogen) atoms. The van der Waals surface area contributed by atoms with Crippen molar-refractivity contribution < 1.29 is 4.79 Å². The lowest BCUT2D eigenvalue weighted by Gasteiger charge is -2.10. The summed E-state index contributed by atoms with van der Waals surface area (Å²) in [5, 5.41) is 9.34. The number of nitrogens with zero attached hydrogens (tertiary/aromatic N) is 2. The van der Waals surface area contributed by atoms with Gasteiger partial charge < -0.3 is 15.2 Å². The van der Waals surface area contributed by atoms with E-state index >= 15 is 0 Å². The summed E-state index contributed by atoms with van der Waals surface area (Å²) in [7, 11) is 0. The molecule has 5 nitrogen and oxygen atoms in total. The van der Waals surface area contributed by atoms with E-state index in [0.717, 1.165) is 23.3 Å². The maximum Gasteiger partial charge on any atom is 0.314 e. The third kappa shape index (κ3) is 3.80. The number of aromatic nitrogens is 2. The smallest absolute Gasteiger partial charge is 0.314 e. The van der Waals surface area contributed by atoms with Crippen LogP contribution in [0.4, 0.5) is 4.79 Å². The zero-order valence-electron chi connectivity index (χ0n) is 15.2. The SMILES string of the molecule is Cc1nc2ccccc2n1CCNC(=O)NCCc1csc2ccccc12. The number of carbonyl (C=O) groups excluding carboxylic acids is 1. The maximum atomic E-state index is 12.1. The molecule has 2 aromatic carbocycles. The molecule has 6 heteroatoms. The first-order valence-electron chi connectivity index (χ1n) is 9.11. The van der Waals surface area contributed by atoms with Crippen LogP contribution in [0, 0.1) is 6.92 Å². The van der Waals surface area contributed by atoms with E-state index < -0.39 is 0 Å². The number of para-hydroxylation sites is 2. The van der Waals surface area contributed by atoms with Crippen LogP contribution in [0.1, 0.15) is 11.4 Å². The van der Waals surface area contributed by atoms with Crippen LogP contribution in [-0.2, 0) is 13.0 Å². The molecular formula is C21H22N4OS. The van der Waals surface area contributed by atoms with Crippen LogP contribution >= 0.6 is 11.3 Å². The number of benzene rings is 2. The lowest BCUT2D eigenvalue weighted by atomic mass is 10.1. The van der Waals surface area contributed by atoms with Crippen molar-refractivity contribution in [1.82, 2.24) is 20.2 Å². The molecule has 0 unspecified atom stereocenters. The Bertz CT molecular complexity index is 1080. The normalized spacial score (nSPS) is 11.1. The first kappa shape index (κ1) is 17.5. The van der Waals surface area contributed by atoms with E-state index in [1.165, 1.54) is 15.6 Å². The number of thiophene rings is 1. The minimum Gasteiger partial charge on any atom is -0.338 e. The molecule has 4 rings (SSSR count). The fourth-order valence-corrected chi connectivity index (χ4v) is 4.36. The van der Waals surface area contributed by atoms with Crippen molar-refractivity contribution in [3.8, 4) is 0 Å². The quantitative estimate of drug-likeness (QED) is 0.531. The molecule has 138 valence electrons. The molecule has 2 N–H and O–H groups in total. The fourth-order valence-electron chi connectivity index (χ4n) is 3.36. The Hall–Kier alpha value is -2.86. The number of hydrogen-bond donors (Lipinski definition) is 2. The van der Waals surface area contributed by atoms with Gasteiger partial charge in [0.25, 0.3) is 0 Å². The van der Waals surface area contributed by atoms with Crippen LogP contribution in [0.3, 0.4) is 0 Å². The average molecular weight is 379 g/mol. The molecule has 0 aliphatic carbocycles. The monoisotopic (exact) mass is 378 g/mol. The summed E-state index contributed by atoms with van der Waals surface area (Å²) < 4.78 is 3.42. The lowest BCUT2D eigenvalue weighted by Crippen LogP contribution is -2.38. The van der Waals surface area contributed by atoms with E-state index in [-0.39, 0.29) is 6.03 Å². The Morgan fingerprint density at radius 2 is 1.85 bits per heavy atom. The molecule has 0 bridgehead atoms. The molecule has 4 aromatic rings.